The van der Waals surface area contributed by atoms with Crippen molar-refractivity contribution < 1.29 is 9.94 Å². The van der Waals surface area contributed by atoms with E-state index in [4.69, 9.17) is 9.94 Å². The van der Waals surface area contributed by atoms with Gasteiger partial charge in [-0.15, -0.1) is 11.3 Å². The molecule has 0 aliphatic carbocycles. The summed E-state index contributed by atoms with van der Waals surface area (Å²) >= 11 is 5.06. The summed E-state index contributed by atoms with van der Waals surface area (Å²) in [6.45, 7) is 2.28. The Morgan fingerprint density at radius 1 is 1.44 bits per heavy atom. The molecule has 1 N–H and O–H groups in total. The van der Waals surface area contributed by atoms with E-state index in [-0.39, 0.29) is 0 Å². The van der Waals surface area contributed by atoms with E-state index in [9.17, 15) is 0 Å². The Bertz CT molecular complexity index is 566. The molecule has 0 aliphatic rings. The van der Waals surface area contributed by atoms with E-state index >= 15 is 0 Å². The summed E-state index contributed by atoms with van der Waals surface area (Å²) in [4.78, 5) is 1.15. The van der Waals surface area contributed by atoms with Crippen LogP contribution in [0, 0.1) is 0 Å². The zero-order valence-electron chi connectivity index (χ0n) is 9.76. The molecule has 0 atom stereocenters. The summed E-state index contributed by atoms with van der Waals surface area (Å²) in [5, 5.41) is 13.9. The van der Waals surface area contributed by atoms with Gasteiger partial charge in [0, 0.05) is 20.3 Å². The van der Waals surface area contributed by atoms with Gasteiger partial charge in [-0.25, -0.2) is 0 Å². The van der Waals surface area contributed by atoms with Crippen LogP contribution in [-0.2, 0) is 6.61 Å². The third kappa shape index (κ3) is 3.34. The first-order chi connectivity index (χ1) is 8.69. The maximum Gasteiger partial charge on any atom is 0.122 e. The zero-order valence-corrected chi connectivity index (χ0v) is 12.2. The highest BCUT2D eigenvalue weighted by molar-refractivity contribution is 9.10. The molecule has 3 nitrogen and oxygen atoms in total. The fraction of sp³-hybridized carbons (Fsp3) is 0.154. The number of hydrogen-bond donors (Lipinski definition) is 1. The molecule has 2 aromatic rings. The van der Waals surface area contributed by atoms with Crippen LogP contribution in [0.1, 0.15) is 17.4 Å². The quantitative estimate of drug-likeness (QED) is 0.517. The number of rotatable bonds is 4. The summed E-state index contributed by atoms with van der Waals surface area (Å²) < 4.78 is 6.77. The molecule has 0 bridgehead atoms. The van der Waals surface area contributed by atoms with Crippen molar-refractivity contribution >= 4 is 33.0 Å². The van der Waals surface area contributed by atoms with Gasteiger partial charge in [0.15, 0.2) is 0 Å². The second-order valence-corrected chi connectivity index (χ2v) is 5.64. The summed E-state index contributed by atoms with van der Waals surface area (Å²) in [6.07, 6.45) is 0. The zero-order chi connectivity index (χ0) is 13.0. The summed E-state index contributed by atoms with van der Waals surface area (Å²) in [5.41, 5.74) is 1.42. The minimum atomic E-state index is 0.537. The molecule has 1 aromatic carbocycles. The number of oxime groups is 1. The Morgan fingerprint density at radius 3 is 2.94 bits per heavy atom. The van der Waals surface area contributed by atoms with Crippen molar-refractivity contribution in [3.05, 3.63) is 50.6 Å². The maximum absolute atomic E-state index is 8.73. The predicted molar refractivity (Wildman–Crippen MR) is 76.8 cm³/mol. The van der Waals surface area contributed by atoms with Gasteiger partial charge in [-0.2, -0.15) is 0 Å². The van der Waals surface area contributed by atoms with Gasteiger partial charge in [-0.1, -0.05) is 17.3 Å². The third-order valence-corrected chi connectivity index (χ3v) is 4.08. The van der Waals surface area contributed by atoms with E-state index in [1.807, 2.05) is 35.7 Å². The van der Waals surface area contributed by atoms with Gasteiger partial charge < -0.3 is 9.94 Å². The van der Waals surface area contributed by atoms with E-state index in [0.717, 1.165) is 20.7 Å². The van der Waals surface area contributed by atoms with Gasteiger partial charge >= 0.3 is 0 Å². The molecule has 5 heteroatoms. The average molecular weight is 326 g/mol. The predicted octanol–water partition coefficient (Wildman–Crippen LogP) is 4.29. The molecule has 0 spiro atoms. The van der Waals surface area contributed by atoms with E-state index in [2.05, 4.69) is 21.1 Å². The van der Waals surface area contributed by atoms with Gasteiger partial charge in [0.25, 0.3) is 0 Å². The van der Waals surface area contributed by atoms with E-state index in [0.29, 0.717) is 12.3 Å². The molecule has 0 unspecified atom stereocenters. The van der Waals surface area contributed by atoms with Crippen LogP contribution < -0.4 is 4.74 Å². The van der Waals surface area contributed by atoms with Crippen molar-refractivity contribution in [1.82, 2.24) is 0 Å². The smallest absolute Gasteiger partial charge is 0.122 e. The molecule has 0 saturated carbocycles. The van der Waals surface area contributed by atoms with Crippen molar-refractivity contribution in [3.63, 3.8) is 0 Å². The number of halogens is 1. The van der Waals surface area contributed by atoms with E-state index in [1.165, 1.54) is 0 Å². The molecule has 18 heavy (non-hydrogen) atoms. The van der Waals surface area contributed by atoms with Crippen LogP contribution in [0.5, 0.6) is 5.75 Å². The van der Waals surface area contributed by atoms with Crippen molar-refractivity contribution in [2.75, 3.05) is 0 Å². The van der Waals surface area contributed by atoms with Gasteiger partial charge in [0.1, 0.15) is 12.4 Å². The molecular formula is C13H12BrNO2S. The maximum atomic E-state index is 8.73. The Hall–Kier alpha value is -1.33. The second kappa shape index (κ2) is 6.02. The molecule has 0 fully saturated rings. The fourth-order valence-corrected chi connectivity index (χ4v) is 2.81. The molecule has 1 aromatic heterocycles. The van der Waals surface area contributed by atoms with Crippen LogP contribution in [0.15, 0.2) is 45.3 Å². The second-order valence-electron chi connectivity index (χ2n) is 3.73. The molecule has 2 rings (SSSR count). The highest BCUT2D eigenvalue weighted by atomic mass is 79.9. The van der Waals surface area contributed by atoms with E-state index < -0.39 is 0 Å². The van der Waals surface area contributed by atoms with Crippen molar-refractivity contribution in [2.45, 2.75) is 13.5 Å². The average Bonchev–Trinajstić information content (AvgIpc) is 2.81. The Morgan fingerprint density at radius 2 is 2.28 bits per heavy atom. The molecule has 0 radical (unpaired) electrons. The van der Waals surface area contributed by atoms with Gasteiger partial charge in [-0.3, -0.25) is 0 Å². The lowest BCUT2D eigenvalue weighted by molar-refractivity contribution is 0.309. The lowest BCUT2D eigenvalue weighted by atomic mass is 10.1. The standard InChI is InChI=1S/C13H12BrNO2S/c1-9(15-16)10-3-2-4-12(5-10)17-7-13-6-11(14)8-18-13/h2-6,8,16H,7H2,1H3. The monoisotopic (exact) mass is 325 g/mol. The van der Waals surface area contributed by atoms with Crippen LogP contribution in [-0.4, -0.2) is 10.9 Å². The van der Waals surface area contributed by atoms with E-state index in [1.54, 1.807) is 18.3 Å². The summed E-state index contributed by atoms with van der Waals surface area (Å²) in [6, 6.07) is 9.54. The first kappa shape index (κ1) is 13.1. The van der Waals surface area contributed by atoms with Crippen molar-refractivity contribution in [2.24, 2.45) is 5.16 Å². The molecule has 94 valence electrons. The first-order valence-corrected chi connectivity index (χ1v) is 7.01. The number of nitrogens with zero attached hydrogens (tertiary/aromatic N) is 1. The minimum absolute atomic E-state index is 0.537. The summed E-state index contributed by atoms with van der Waals surface area (Å²) in [5.74, 6) is 0.764. The minimum Gasteiger partial charge on any atom is -0.488 e. The lowest BCUT2D eigenvalue weighted by Gasteiger charge is -2.06. The molecule has 0 amide bonds. The third-order valence-electron chi connectivity index (χ3n) is 2.40. The number of thiophene rings is 1. The number of ether oxygens (including phenoxy) is 1. The largest absolute Gasteiger partial charge is 0.488 e. The van der Waals surface area contributed by atoms with Gasteiger partial charge in [-0.05, 0) is 41.1 Å². The SMILES string of the molecule is CC(=NO)c1cccc(OCc2cc(Br)cs2)c1. The first-order valence-electron chi connectivity index (χ1n) is 5.34. The van der Waals surface area contributed by atoms with Gasteiger partial charge in [0.05, 0.1) is 5.71 Å². The highest BCUT2D eigenvalue weighted by Crippen LogP contribution is 2.22. The molecule has 1 heterocycles. The fourth-order valence-electron chi connectivity index (χ4n) is 1.45. The molecule has 0 saturated heterocycles. The summed E-state index contributed by atoms with van der Waals surface area (Å²) in [7, 11) is 0. The van der Waals surface area contributed by atoms with Crippen LogP contribution >= 0.6 is 27.3 Å². The lowest BCUT2D eigenvalue weighted by Crippen LogP contribution is -1.97. The van der Waals surface area contributed by atoms with Crippen molar-refractivity contribution in [1.29, 1.82) is 0 Å². The Kier molecular flexibility index (Phi) is 4.38. The van der Waals surface area contributed by atoms with Crippen LogP contribution in [0.4, 0.5) is 0 Å². The topological polar surface area (TPSA) is 41.8 Å². The van der Waals surface area contributed by atoms with Crippen LogP contribution in [0.25, 0.3) is 0 Å². The number of hydrogen-bond acceptors (Lipinski definition) is 4. The van der Waals surface area contributed by atoms with Gasteiger partial charge in [0.2, 0.25) is 0 Å². The molecule has 0 aliphatic heterocycles. The molecular weight excluding hydrogens is 314 g/mol. The number of benzene rings is 1. The van der Waals surface area contributed by atoms with Crippen molar-refractivity contribution in [3.8, 4) is 5.75 Å². The highest BCUT2D eigenvalue weighted by Gasteiger charge is 2.02. The van der Waals surface area contributed by atoms with Crippen LogP contribution in [0.3, 0.4) is 0 Å². The Balaban J connectivity index is 2.05. The normalized spacial score (nSPS) is 11.6. The van der Waals surface area contributed by atoms with Crippen LogP contribution in [0.2, 0.25) is 0 Å². The Labute approximate surface area is 118 Å².